The van der Waals surface area contributed by atoms with Crippen molar-refractivity contribution in [3.8, 4) is 0 Å². The lowest BCUT2D eigenvalue weighted by Crippen LogP contribution is -2.62. The number of hydrogen-bond donors (Lipinski definition) is 21. The van der Waals surface area contributed by atoms with Gasteiger partial charge in [-0.15, -0.1) is 0 Å². The van der Waals surface area contributed by atoms with Crippen LogP contribution >= 0.6 is 25.3 Å². The lowest BCUT2D eigenvalue weighted by atomic mass is 9.96. The van der Waals surface area contributed by atoms with Crippen LogP contribution in [0.25, 0.3) is 0 Å². The van der Waals surface area contributed by atoms with E-state index in [1.807, 2.05) is 5.43 Å². The Balaban J connectivity index is 1.48. The molecule has 16 atom stereocenters. The molecule has 3 aliphatic rings. The highest BCUT2D eigenvalue weighted by atomic mass is 32.1. The topological polar surface area (TPSA) is 601 Å². The molecule has 107 heavy (non-hydrogen) atoms. The van der Waals surface area contributed by atoms with Crippen LogP contribution in [-0.4, -0.2) is 267 Å². The predicted octanol–water partition coefficient (Wildman–Crippen LogP) is -7.02. The molecular formula is C67H110N20O18S2. The number of likely N-dealkylation sites (tertiary alicyclic amines) is 3. The number of nitrogens with zero attached hydrogens (tertiary/aromatic N) is 4. The Labute approximate surface area is 632 Å². The van der Waals surface area contributed by atoms with Gasteiger partial charge in [0.15, 0.2) is 5.96 Å². The highest BCUT2D eigenvalue weighted by Crippen LogP contribution is 2.28. The first kappa shape index (κ1) is 90.4. The second kappa shape index (κ2) is 45.6. The van der Waals surface area contributed by atoms with E-state index in [1.54, 1.807) is 58.0 Å². The van der Waals surface area contributed by atoms with Gasteiger partial charge in [0.05, 0.1) is 31.7 Å². The summed E-state index contributed by atoms with van der Waals surface area (Å²) in [5.41, 5.74) is 24.6. The molecule has 24 N–H and O–H groups in total. The number of unbranched alkanes of at least 4 members (excludes halogenated alkanes) is 1. The van der Waals surface area contributed by atoms with Crippen molar-refractivity contribution in [1.82, 2.24) is 73.3 Å². The molecular weight excluding hydrogens is 1440 g/mol. The van der Waals surface area contributed by atoms with Crippen LogP contribution in [0.1, 0.15) is 130 Å². The third kappa shape index (κ3) is 27.7. The number of amides is 14. The summed E-state index contributed by atoms with van der Waals surface area (Å²) in [5, 5.41) is 55.8. The first-order valence-electron chi connectivity index (χ1n) is 36.0. The molecule has 1 aromatic rings. The third-order valence-corrected chi connectivity index (χ3v) is 19.7. The van der Waals surface area contributed by atoms with Gasteiger partial charge in [-0.25, -0.2) is 5.84 Å². The van der Waals surface area contributed by atoms with Crippen LogP contribution in [0.5, 0.6) is 0 Å². The fraction of sp³-hybridized carbons (Fsp3) is 0.672. The van der Waals surface area contributed by atoms with Gasteiger partial charge in [0, 0.05) is 44.1 Å². The van der Waals surface area contributed by atoms with Crippen LogP contribution in [-0.2, 0) is 78.3 Å². The number of carbonyl (C=O) groups excluding carboxylic acids is 14. The van der Waals surface area contributed by atoms with Crippen LogP contribution in [0.15, 0.2) is 35.3 Å². The van der Waals surface area contributed by atoms with Crippen LogP contribution in [0.4, 0.5) is 0 Å². The van der Waals surface area contributed by atoms with Crippen molar-refractivity contribution in [1.29, 1.82) is 0 Å². The van der Waals surface area contributed by atoms with E-state index >= 15 is 0 Å². The normalized spacial score (nSPS) is 19.1. The van der Waals surface area contributed by atoms with Crippen molar-refractivity contribution in [3.63, 3.8) is 0 Å². The number of hydrogen-bond acceptors (Lipinski definition) is 23. The molecule has 0 spiro atoms. The van der Waals surface area contributed by atoms with Crippen molar-refractivity contribution in [2.45, 2.75) is 216 Å². The molecule has 598 valence electrons. The fourth-order valence-electron chi connectivity index (χ4n) is 12.4. The minimum absolute atomic E-state index is 0.0180. The number of thiol groups is 2. The molecule has 14 amide bonds. The lowest BCUT2D eigenvalue weighted by Gasteiger charge is -2.35. The van der Waals surface area contributed by atoms with E-state index in [2.05, 4.69) is 83.4 Å². The number of guanidine groups is 1. The second-order valence-corrected chi connectivity index (χ2v) is 27.6. The van der Waals surface area contributed by atoms with Gasteiger partial charge in [0.2, 0.25) is 76.8 Å². The Bertz CT molecular complexity index is 3270. The summed E-state index contributed by atoms with van der Waals surface area (Å²) in [6, 6.07) is -9.20. The van der Waals surface area contributed by atoms with Gasteiger partial charge in [0.1, 0.15) is 72.5 Å². The molecule has 40 heteroatoms. The van der Waals surface area contributed by atoms with E-state index in [1.165, 1.54) is 21.6 Å². The average molecular weight is 1550 g/mol. The molecule has 0 radical (unpaired) electrons. The van der Waals surface area contributed by atoms with E-state index in [0.717, 1.165) is 0 Å². The molecule has 3 heterocycles. The van der Waals surface area contributed by atoms with E-state index in [9.17, 15) is 87.2 Å². The molecule has 3 aliphatic heterocycles. The Morgan fingerprint density at radius 1 is 0.561 bits per heavy atom. The number of aliphatic hydroxyl groups is 2. The zero-order valence-corrected chi connectivity index (χ0v) is 62.9. The molecule has 0 unspecified atom stereocenters. The number of carboxylic acids is 1. The molecule has 3 fully saturated rings. The maximum absolute atomic E-state index is 14.8. The summed E-state index contributed by atoms with van der Waals surface area (Å²) in [6.45, 7) is 6.89. The van der Waals surface area contributed by atoms with Crippen LogP contribution in [0.2, 0.25) is 0 Å². The Morgan fingerprint density at radius 3 is 1.64 bits per heavy atom. The number of aliphatic carboxylic acids is 1. The highest BCUT2D eigenvalue weighted by molar-refractivity contribution is 7.80. The molecule has 0 aromatic heterocycles. The van der Waals surface area contributed by atoms with Gasteiger partial charge in [-0.05, 0) is 101 Å². The van der Waals surface area contributed by atoms with E-state index < -0.39 is 205 Å². The average Bonchev–Trinajstić information content (AvgIpc) is 1.69. The van der Waals surface area contributed by atoms with Crippen LogP contribution in [0, 0.1) is 11.8 Å². The number of carbonyl (C=O) groups is 15. The molecule has 0 aliphatic carbocycles. The fourth-order valence-corrected chi connectivity index (χ4v) is 12.9. The van der Waals surface area contributed by atoms with Crippen LogP contribution < -0.4 is 87.4 Å². The van der Waals surface area contributed by atoms with Crippen molar-refractivity contribution in [2.75, 3.05) is 57.4 Å². The van der Waals surface area contributed by atoms with Crippen molar-refractivity contribution in [3.05, 3.63) is 35.9 Å². The SMILES string of the molecule is CC[C@H](C)[C@H](NC(=O)[C@@H]1CCCN1C(=O)[C@@H]1CCCN1C(=O)[C@@H](NC(=O)[C@H](CO)NC(=O)[C@H](CCCCN)NC(=O)[C@@H](NC(=O)[C@@H](N)CS)[C@@H](C)O)[C@@H](C)CC)C(=O)N[C@@H](CS)C(=O)N[C@@H](Cc1ccccc1)C(=O)N1CCC[C@H]1C(=O)N[C@@H](CC(=O)O)C(=O)NCC(=O)N[C@@H](CCCN=C(N)N)C(=O)NN. The Morgan fingerprint density at radius 2 is 1.07 bits per heavy atom. The summed E-state index contributed by atoms with van der Waals surface area (Å²) in [7, 11) is 0. The summed E-state index contributed by atoms with van der Waals surface area (Å²) in [4.78, 5) is 214. The second-order valence-electron chi connectivity index (χ2n) is 26.9. The highest BCUT2D eigenvalue weighted by Gasteiger charge is 2.47. The number of carboxylic acid groups (broad SMARTS) is 1. The van der Waals surface area contributed by atoms with Crippen molar-refractivity contribution >= 4 is 120 Å². The molecule has 3 saturated heterocycles. The first-order valence-corrected chi connectivity index (χ1v) is 37.3. The van der Waals surface area contributed by atoms with E-state index in [0.29, 0.717) is 44.1 Å². The number of nitrogens with one attached hydrogen (secondary N) is 11. The van der Waals surface area contributed by atoms with Gasteiger partial charge in [-0.3, -0.25) is 82.3 Å². The van der Waals surface area contributed by atoms with E-state index in [-0.39, 0.29) is 102 Å². The number of benzene rings is 1. The zero-order chi connectivity index (χ0) is 79.8. The number of aliphatic imine (C=N–C) groups is 1. The minimum Gasteiger partial charge on any atom is -0.481 e. The molecule has 0 bridgehead atoms. The van der Waals surface area contributed by atoms with Crippen molar-refractivity contribution < 1.29 is 87.2 Å². The maximum Gasteiger partial charge on any atom is 0.305 e. The molecule has 0 saturated carbocycles. The largest absolute Gasteiger partial charge is 0.481 e. The maximum atomic E-state index is 14.8. The zero-order valence-electron chi connectivity index (χ0n) is 61.1. The van der Waals surface area contributed by atoms with Crippen molar-refractivity contribution in [2.24, 2.45) is 45.6 Å². The van der Waals surface area contributed by atoms with Gasteiger partial charge < -0.3 is 106 Å². The van der Waals surface area contributed by atoms with Gasteiger partial charge >= 0.3 is 5.97 Å². The standard InChI is InChI=1S/C67H110N20O18S2/c1-6-35(3)51(62(101)80-45(34-107)58(97)78-43(29-38-17-9-8-10-18-38)64(103)85-26-14-21-46(85)60(99)77-42(30-50(91)92)55(94)74-31-49(90)75-41(59(98)84-72)20-13-25-73-67(70)71)81-61(100)47-22-15-27-86(47)65(104)48-23-16-28-87(48)66(105)52(36(4)7-2)82-57(96)44(32-88)79-56(95)40(19-11-12-24-68)76-63(102)53(37(5)89)83-54(93)39(69)33-106/h8-10,17-18,35-37,39-48,51-53,88-89,106-107H,6-7,11-16,19-34,68-69,72H2,1-5H3,(H,74,94)(H,75,90)(H,76,102)(H,77,99)(H,78,97)(H,79,95)(H,80,101)(H,81,100)(H,82,96)(H,83,93)(H,84,98)(H,91,92)(H4,70,71,73)/t35-,36-,37+,39-,40-,41-,42-,43-,44-,45-,46-,47-,48-,51-,52-,53-/m0/s1. The Hall–Kier alpha value is -8.96. The van der Waals surface area contributed by atoms with Gasteiger partial charge in [0.25, 0.3) is 5.91 Å². The summed E-state index contributed by atoms with van der Waals surface area (Å²) in [5.74, 6) is -9.75. The molecule has 4 rings (SSSR count). The number of hydrazine groups is 1. The van der Waals surface area contributed by atoms with E-state index in [4.69, 9.17) is 28.8 Å². The smallest absolute Gasteiger partial charge is 0.305 e. The third-order valence-electron chi connectivity index (χ3n) is 18.9. The monoisotopic (exact) mass is 1550 g/mol. The minimum atomic E-state index is -1.77. The van der Waals surface area contributed by atoms with Gasteiger partial charge in [-0.2, -0.15) is 25.3 Å². The Kier molecular flexibility index (Phi) is 38.6. The molecule has 38 nitrogen and oxygen atoms in total. The van der Waals surface area contributed by atoms with Crippen LogP contribution in [0.3, 0.4) is 0 Å². The quantitative estimate of drug-likeness (QED) is 0.00549. The number of rotatable bonds is 44. The summed E-state index contributed by atoms with van der Waals surface area (Å²) < 4.78 is 0. The first-order chi connectivity index (χ1) is 50.8. The molecule has 1 aromatic carbocycles. The number of nitrogens with two attached hydrogens (primary N) is 5. The predicted molar refractivity (Wildman–Crippen MR) is 395 cm³/mol. The summed E-state index contributed by atoms with van der Waals surface area (Å²) in [6.07, 6.45) is 0.460. The van der Waals surface area contributed by atoms with Gasteiger partial charge in [-0.1, -0.05) is 70.9 Å². The summed E-state index contributed by atoms with van der Waals surface area (Å²) >= 11 is 8.38. The lowest BCUT2D eigenvalue weighted by molar-refractivity contribution is -0.149. The number of aliphatic hydroxyl groups excluding tert-OH is 2.